The molecule has 3 N–H and O–H groups in total. The van der Waals surface area contributed by atoms with Gasteiger partial charge in [0.2, 0.25) is 5.60 Å². The first kappa shape index (κ1) is 42.6. The fourth-order valence-electron chi connectivity index (χ4n) is 6.90. The Hall–Kier alpha value is -1.44. The number of aliphatic hydroxyl groups excluding tert-OH is 1. The number of Topliss-reactive ketones (excluding diaryl/α,β-unsaturated/α-hetero) is 4. The molecule has 0 aromatic heterocycles. The van der Waals surface area contributed by atoms with E-state index < -0.39 is 40.4 Å². The quantitative estimate of drug-likeness (QED) is 0.0490. The molecule has 46 heavy (non-hydrogen) atoms. The number of carbonyl (C=O) groups excluding carboxylic acids is 4. The van der Waals surface area contributed by atoms with Gasteiger partial charge < -0.3 is 15.3 Å². The molecule has 1 rings (SSSR count). The van der Waals surface area contributed by atoms with Crippen LogP contribution in [-0.4, -0.2) is 55.8 Å². The molecule has 0 aliphatic heterocycles. The average molecular weight is 651 g/mol. The Morgan fingerprint density at radius 3 is 1.17 bits per heavy atom. The molecule has 268 valence electrons. The Balaban J connectivity index is 2.45. The summed E-state index contributed by atoms with van der Waals surface area (Å²) in [5.41, 5.74) is -6.23. The van der Waals surface area contributed by atoms with Crippen LogP contribution in [0.5, 0.6) is 0 Å². The Morgan fingerprint density at radius 2 is 0.848 bits per heavy atom. The highest BCUT2D eigenvalue weighted by Gasteiger charge is 2.69. The molecule has 0 radical (unpaired) electrons. The standard InChI is InChI=1S/C39H70O7/c1-3-5-7-9-11-13-15-17-19-21-23-25-27-29-33(40)37(44)39(46,38(45)35(42)31-32-36(38)43)34(41)30-28-26-24-22-20-18-16-14-12-10-8-6-4-2/h37,44-46H,3-32H2,1-2H3. The number of rotatable bonds is 32. The van der Waals surface area contributed by atoms with Gasteiger partial charge >= 0.3 is 0 Å². The van der Waals surface area contributed by atoms with Gasteiger partial charge in [-0.25, -0.2) is 0 Å². The first-order valence-electron chi connectivity index (χ1n) is 19.4. The second kappa shape index (κ2) is 25.6. The van der Waals surface area contributed by atoms with Gasteiger partial charge in [0.1, 0.15) is 0 Å². The fraction of sp³-hybridized carbons (Fsp3) is 0.897. The summed E-state index contributed by atoms with van der Waals surface area (Å²) < 4.78 is 0. The van der Waals surface area contributed by atoms with Gasteiger partial charge in [0.05, 0.1) is 0 Å². The third-order valence-electron chi connectivity index (χ3n) is 10.1. The Morgan fingerprint density at radius 1 is 0.565 bits per heavy atom. The molecule has 7 heteroatoms. The number of carbonyl (C=O) groups is 4. The summed E-state index contributed by atoms with van der Waals surface area (Å²) in [6, 6.07) is 0. The van der Waals surface area contributed by atoms with E-state index in [1.54, 1.807) is 0 Å². The molecule has 0 aromatic rings. The molecule has 1 aliphatic carbocycles. The van der Waals surface area contributed by atoms with Gasteiger partial charge in [-0.3, -0.25) is 19.2 Å². The highest BCUT2D eigenvalue weighted by atomic mass is 16.4. The van der Waals surface area contributed by atoms with Crippen LogP contribution in [0.25, 0.3) is 0 Å². The van der Waals surface area contributed by atoms with Crippen LogP contribution in [0.4, 0.5) is 0 Å². The lowest BCUT2D eigenvalue weighted by molar-refractivity contribution is -0.202. The zero-order valence-electron chi connectivity index (χ0n) is 29.8. The molecule has 0 spiro atoms. The maximum atomic E-state index is 13.4. The predicted molar refractivity (Wildman–Crippen MR) is 186 cm³/mol. The van der Waals surface area contributed by atoms with Crippen LogP contribution in [0.15, 0.2) is 0 Å². The number of unbranched alkanes of at least 4 members (excludes halogenated alkanes) is 24. The minimum atomic E-state index is -3.15. The summed E-state index contributed by atoms with van der Waals surface area (Å²) in [6.07, 6.45) is 25.8. The van der Waals surface area contributed by atoms with Gasteiger partial charge in [-0.2, -0.15) is 0 Å². The Labute approximate surface area is 281 Å². The fourth-order valence-corrected chi connectivity index (χ4v) is 6.90. The SMILES string of the molecule is CCCCCCCCCCCCCCCC(=O)C(O)C(O)(C(=O)CCCCCCCCCCCCCCC)C1(O)C(=O)CCC1=O. The molecule has 2 unspecified atom stereocenters. The molecule has 0 bridgehead atoms. The van der Waals surface area contributed by atoms with Crippen molar-refractivity contribution >= 4 is 23.1 Å². The van der Waals surface area contributed by atoms with E-state index in [2.05, 4.69) is 13.8 Å². The predicted octanol–water partition coefficient (Wildman–Crippen LogP) is 8.84. The molecular formula is C39H70O7. The van der Waals surface area contributed by atoms with Gasteiger partial charge in [-0.1, -0.05) is 168 Å². The minimum Gasteiger partial charge on any atom is -0.382 e. The Bertz CT molecular complexity index is 837. The van der Waals surface area contributed by atoms with E-state index in [0.29, 0.717) is 19.3 Å². The van der Waals surface area contributed by atoms with Gasteiger partial charge in [0.15, 0.2) is 34.8 Å². The number of aliphatic hydroxyl groups is 3. The first-order chi connectivity index (χ1) is 22.2. The minimum absolute atomic E-state index is 0.0915. The number of ketones is 4. The molecule has 1 aliphatic rings. The summed E-state index contributed by atoms with van der Waals surface area (Å²) in [7, 11) is 0. The van der Waals surface area contributed by atoms with Crippen molar-refractivity contribution in [1.82, 2.24) is 0 Å². The van der Waals surface area contributed by atoms with Crippen LogP contribution in [0, 0.1) is 0 Å². The zero-order valence-corrected chi connectivity index (χ0v) is 29.8. The molecular weight excluding hydrogens is 580 g/mol. The van der Waals surface area contributed by atoms with Crippen molar-refractivity contribution in [3.05, 3.63) is 0 Å². The lowest BCUT2D eigenvalue weighted by Crippen LogP contribution is -2.72. The summed E-state index contributed by atoms with van der Waals surface area (Å²) in [6.45, 7) is 4.45. The van der Waals surface area contributed by atoms with E-state index in [-0.39, 0.29) is 25.7 Å². The van der Waals surface area contributed by atoms with E-state index >= 15 is 0 Å². The lowest BCUT2D eigenvalue weighted by Gasteiger charge is -2.40. The molecule has 7 nitrogen and oxygen atoms in total. The van der Waals surface area contributed by atoms with Crippen LogP contribution in [0.3, 0.4) is 0 Å². The van der Waals surface area contributed by atoms with E-state index in [0.717, 1.165) is 44.9 Å². The summed E-state index contributed by atoms with van der Waals surface area (Å²) in [5.74, 6) is -3.84. The Kier molecular flexibility index (Phi) is 23.7. The van der Waals surface area contributed by atoms with E-state index in [4.69, 9.17) is 0 Å². The molecule has 2 atom stereocenters. The van der Waals surface area contributed by atoms with Crippen LogP contribution in [-0.2, 0) is 19.2 Å². The molecule has 0 saturated heterocycles. The lowest BCUT2D eigenvalue weighted by atomic mass is 9.70. The highest BCUT2D eigenvalue weighted by Crippen LogP contribution is 2.38. The van der Waals surface area contributed by atoms with E-state index in [1.165, 1.54) is 103 Å². The van der Waals surface area contributed by atoms with Crippen molar-refractivity contribution in [3.63, 3.8) is 0 Å². The van der Waals surface area contributed by atoms with Crippen molar-refractivity contribution < 1.29 is 34.5 Å². The van der Waals surface area contributed by atoms with Crippen molar-refractivity contribution in [1.29, 1.82) is 0 Å². The van der Waals surface area contributed by atoms with E-state index in [9.17, 15) is 34.5 Å². The van der Waals surface area contributed by atoms with Crippen LogP contribution in [0.1, 0.15) is 206 Å². The molecule has 0 aromatic carbocycles. The van der Waals surface area contributed by atoms with Crippen molar-refractivity contribution in [2.24, 2.45) is 0 Å². The molecule has 1 fully saturated rings. The van der Waals surface area contributed by atoms with E-state index in [1.807, 2.05) is 0 Å². The molecule has 0 heterocycles. The molecule has 0 amide bonds. The van der Waals surface area contributed by atoms with Crippen molar-refractivity contribution in [2.75, 3.05) is 0 Å². The maximum Gasteiger partial charge on any atom is 0.220 e. The maximum absolute atomic E-state index is 13.4. The van der Waals surface area contributed by atoms with Gasteiger partial charge in [0.25, 0.3) is 0 Å². The number of hydrogen-bond acceptors (Lipinski definition) is 7. The van der Waals surface area contributed by atoms with Crippen LogP contribution >= 0.6 is 0 Å². The van der Waals surface area contributed by atoms with Crippen molar-refractivity contribution in [3.8, 4) is 0 Å². The highest BCUT2D eigenvalue weighted by molar-refractivity contribution is 6.21. The zero-order chi connectivity index (χ0) is 34.1. The summed E-state index contributed by atoms with van der Waals surface area (Å²) >= 11 is 0. The van der Waals surface area contributed by atoms with Gasteiger partial charge in [0, 0.05) is 25.7 Å². The summed E-state index contributed by atoms with van der Waals surface area (Å²) in [5, 5.41) is 33.6. The molecule has 1 saturated carbocycles. The topological polar surface area (TPSA) is 129 Å². The van der Waals surface area contributed by atoms with Crippen LogP contribution in [0.2, 0.25) is 0 Å². The second-order valence-corrected chi connectivity index (χ2v) is 14.1. The largest absolute Gasteiger partial charge is 0.382 e. The third-order valence-corrected chi connectivity index (χ3v) is 10.1. The number of hydrogen-bond donors (Lipinski definition) is 3. The smallest absolute Gasteiger partial charge is 0.220 e. The monoisotopic (exact) mass is 651 g/mol. The van der Waals surface area contributed by atoms with Gasteiger partial charge in [-0.05, 0) is 12.8 Å². The van der Waals surface area contributed by atoms with Gasteiger partial charge in [-0.15, -0.1) is 0 Å². The third kappa shape index (κ3) is 14.8. The summed E-state index contributed by atoms with van der Waals surface area (Å²) in [4.78, 5) is 51.7. The van der Waals surface area contributed by atoms with Crippen molar-refractivity contribution in [2.45, 2.75) is 224 Å². The second-order valence-electron chi connectivity index (χ2n) is 14.1. The first-order valence-corrected chi connectivity index (χ1v) is 19.4. The normalized spacial score (nSPS) is 16.5. The average Bonchev–Trinajstić information content (AvgIpc) is 3.32. The van der Waals surface area contributed by atoms with Crippen LogP contribution < -0.4 is 0 Å².